The molecule has 0 atom stereocenters. The summed E-state index contributed by atoms with van der Waals surface area (Å²) >= 11 is 7.37. The van der Waals surface area contributed by atoms with E-state index in [1.165, 1.54) is 43.4 Å². The van der Waals surface area contributed by atoms with Gasteiger partial charge in [-0.2, -0.15) is 0 Å². The van der Waals surface area contributed by atoms with Gasteiger partial charge in [-0.25, -0.2) is 0 Å². The van der Waals surface area contributed by atoms with Gasteiger partial charge in [-0.3, -0.25) is 4.79 Å². The van der Waals surface area contributed by atoms with Crippen molar-refractivity contribution in [3.63, 3.8) is 0 Å². The first-order valence-electron chi connectivity index (χ1n) is 6.44. The Bertz CT molecular complexity index is 338. The Labute approximate surface area is 113 Å². The van der Waals surface area contributed by atoms with Crippen LogP contribution in [0.4, 0.5) is 0 Å². The topological polar surface area (TPSA) is 17.1 Å². The Kier molecular flexibility index (Phi) is 6.83. The molecule has 1 aromatic heterocycles. The number of halogens is 1. The summed E-state index contributed by atoms with van der Waals surface area (Å²) in [6.07, 6.45) is 7.99. The van der Waals surface area contributed by atoms with Crippen molar-refractivity contribution in [1.82, 2.24) is 0 Å². The Morgan fingerprint density at radius 3 is 2.47 bits per heavy atom. The number of ketones is 1. The highest BCUT2D eigenvalue weighted by atomic mass is 35.5. The van der Waals surface area contributed by atoms with Gasteiger partial charge in [0.25, 0.3) is 0 Å². The molecule has 0 spiro atoms. The molecule has 0 N–H and O–H groups in total. The summed E-state index contributed by atoms with van der Waals surface area (Å²) in [5.41, 5.74) is 1.02. The molecule has 0 amide bonds. The van der Waals surface area contributed by atoms with Gasteiger partial charge in [0.2, 0.25) is 0 Å². The summed E-state index contributed by atoms with van der Waals surface area (Å²) in [5, 5.41) is 0. The Morgan fingerprint density at radius 2 is 1.88 bits per heavy atom. The van der Waals surface area contributed by atoms with Gasteiger partial charge in [-0.15, -0.1) is 11.3 Å². The molecule has 1 aromatic rings. The molecule has 1 rings (SSSR count). The van der Waals surface area contributed by atoms with Crippen molar-refractivity contribution in [3.8, 4) is 0 Å². The zero-order valence-electron chi connectivity index (χ0n) is 10.7. The van der Waals surface area contributed by atoms with Crippen LogP contribution in [-0.2, 0) is 0 Å². The normalized spacial score (nSPS) is 10.8. The summed E-state index contributed by atoms with van der Waals surface area (Å²) in [6, 6.07) is 1.91. The quantitative estimate of drug-likeness (QED) is 0.442. The summed E-state index contributed by atoms with van der Waals surface area (Å²) < 4.78 is 0.747. The first kappa shape index (κ1) is 14.7. The van der Waals surface area contributed by atoms with Crippen LogP contribution in [0.1, 0.15) is 67.1 Å². The van der Waals surface area contributed by atoms with Crippen molar-refractivity contribution in [2.75, 3.05) is 0 Å². The molecule has 0 saturated carbocycles. The zero-order chi connectivity index (χ0) is 12.7. The standard InChI is InChI=1S/C14H21ClOS/c1-3-4-5-6-7-8-9-12(16)13-10-11(2)14(15)17-13/h10H,3-9H2,1-2H3. The van der Waals surface area contributed by atoms with Gasteiger partial charge in [-0.05, 0) is 25.0 Å². The molecule has 0 aliphatic heterocycles. The van der Waals surface area contributed by atoms with Gasteiger partial charge < -0.3 is 0 Å². The van der Waals surface area contributed by atoms with E-state index in [1.807, 2.05) is 13.0 Å². The minimum absolute atomic E-state index is 0.250. The van der Waals surface area contributed by atoms with E-state index in [9.17, 15) is 4.79 Å². The van der Waals surface area contributed by atoms with Crippen LogP contribution in [-0.4, -0.2) is 5.78 Å². The average Bonchev–Trinajstić information content (AvgIpc) is 2.64. The molecule has 96 valence electrons. The number of hydrogen-bond donors (Lipinski definition) is 0. The fourth-order valence-electron chi connectivity index (χ4n) is 1.79. The lowest BCUT2D eigenvalue weighted by molar-refractivity contribution is 0.0983. The zero-order valence-corrected chi connectivity index (χ0v) is 12.3. The van der Waals surface area contributed by atoms with Gasteiger partial charge in [0.15, 0.2) is 5.78 Å². The Balaban J connectivity index is 2.21. The number of rotatable bonds is 8. The largest absolute Gasteiger partial charge is 0.293 e. The maximum atomic E-state index is 11.9. The van der Waals surface area contributed by atoms with Crippen LogP contribution < -0.4 is 0 Å². The second kappa shape index (κ2) is 7.88. The minimum Gasteiger partial charge on any atom is -0.293 e. The predicted octanol–water partition coefficient (Wildman–Crippen LogP) is 5.64. The van der Waals surface area contributed by atoms with Gasteiger partial charge in [0, 0.05) is 6.42 Å². The van der Waals surface area contributed by atoms with E-state index in [0.717, 1.165) is 21.2 Å². The van der Waals surface area contributed by atoms with E-state index >= 15 is 0 Å². The lowest BCUT2D eigenvalue weighted by atomic mass is 10.1. The van der Waals surface area contributed by atoms with E-state index in [-0.39, 0.29) is 5.78 Å². The maximum Gasteiger partial charge on any atom is 0.172 e. The fraction of sp³-hybridized carbons (Fsp3) is 0.643. The average molecular weight is 273 g/mol. The van der Waals surface area contributed by atoms with Gasteiger partial charge in [-0.1, -0.05) is 50.6 Å². The molecule has 0 fully saturated rings. The van der Waals surface area contributed by atoms with Crippen LogP contribution in [0.25, 0.3) is 0 Å². The van der Waals surface area contributed by atoms with Crippen LogP contribution in [0.5, 0.6) is 0 Å². The highest BCUT2D eigenvalue weighted by molar-refractivity contribution is 7.18. The van der Waals surface area contributed by atoms with E-state index in [1.54, 1.807) is 0 Å². The van der Waals surface area contributed by atoms with Gasteiger partial charge in [0.1, 0.15) is 0 Å². The smallest absolute Gasteiger partial charge is 0.172 e. The second-order valence-electron chi connectivity index (χ2n) is 4.51. The summed E-state index contributed by atoms with van der Waals surface area (Å²) in [6.45, 7) is 4.16. The molecule has 17 heavy (non-hydrogen) atoms. The molecule has 0 bridgehead atoms. The van der Waals surface area contributed by atoms with Crippen molar-refractivity contribution in [2.45, 2.75) is 58.8 Å². The molecular weight excluding hydrogens is 252 g/mol. The highest BCUT2D eigenvalue weighted by Crippen LogP contribution is 2.28. The van der Waals surface area contributed by atoms with Crippen LogP contribution in [0.3, 0.4) is 0 Å². The molecule has 3 heteroatoms. The summed E-state index contributed by atoms with van der Waals surface area (Å²) in [4.78, 5) is 12.7. The number of Topliss-reactive ketones (excluding diaryl/α,β-unsaturated/α-hetero) is 1. The highest BCUT2D eigenvalue weighted by Gasteiger charge is 2.10. The monoisotopic (exact) mass is 272 g/mol. The van der Waals surface area contributed by atoms with Crippen LogP contribution >= 0.6 is 22.9 Å². The molecule has 0 unspecified atom stereocenters. The fourth-order valence-corrected chi connectivity index (χ4v) is 2.95. The van der Waals surface area contributed by atoms with Crippen LogP contribution in [0.15, 0.2) is 6.07 Å². The third-order valence-electron chi connectivity index (χ3n) is 2.89. The van der Waals surface area contributed by atoms with E-state index in [0.29, 0.717) is 6.42 Å². The number of hydrogen-bond acceptors (Lipinski definition) is 2. The lowest BCUT2D eigenvalue weighted by Gasteiger charge is -1.99. The maximum absolute atomic E-state index is 11.9. The molecule has 0 aliphatic carbocycles. The molecule has 0 aliphatic rings. The van der Waals surface area contributed by atoms with E-state index in [2.05, 4.69) is 6.92 Å². The SMILES string of the molecule is CCCCCCCCC(=O)c1cc(C)c(Cl)s1. The Hall–Kier alpha value is -0.340. The van der Waals surface area contributed by atoms with E-state index < -0.39 is 0 Å². The van der Waals surface area contributed by atoms with Gasteiger partial charge >= 0.3 is 0 Å². The van der Waals surface area contributed by atoms with Gasteiger partial charge in [0.05, 0.1) is 9.21 Å². The first-order valence-corrected chi connectivity index (χ1v) is 7.63. The van der Waals surface area contributed by atoms with Crippen molar-refractivity contribution in [3.05, 3.63) is 20.8 Å². The molecule has 0 saturated heterocycles. The molecular formula is C14H21ClOS. The number of thiophene rings is 1. The van der Waals surface area contributed by atoms with Crippen molar-refractivity contribution in [2.24, 2.45) is 0 Å². The molecule has 0 radical (unpaired) electrons. The first-order chi connectivity index (χ1) is 8.15. The van der Waals surface area contributed by atoms with Crippen LogP contribution in [0, 0.1) is 6.92 Å². The number of unbranched alkanes of at least 4 members (excludes halogenated alkanes) is 5. The lowest BCUT2D eigenvalue weighted by Crippen LogP contribution is -1.95. The summed E-state index contributed by atoms with van der Waals surface area (Å²) in [5.74, 6) is 0.250. The second-order valence-corrected chi connectivity index (χ2v) is 6.16. The van der Waals surface area contributed by atoms with Crippen molar-refractivity contribution >= 4 is 28.7 Å². The molecule has 1 heterocycles. The minimum atomic E-state index is 0.250. The Morgan fingerprint density at radius 1 is 1.24 bits per heavy atom. The van der Waals surface area contributed by atoms with Crippen LogP contribution in [0.2, 0.25) is 4.34 Å². The summed E-state index contributed by atoms with van der Waals surface area (Å²) in [7, 11) is 0. The number of carbonyl (C=O) groups is 1. The van der Waals surface area contributed by atoms with Crippen molar-refractivity contribution in [1.29, 1.82) is 0 Å². The molecule has 0 aromatic carbocycles. The van der Waals surface area contributed by atoms with E-state index in [4.69, 9.17) is 11.6 Å². The van der Waals surface area contributed by atoms with Crippen molar-refractivity contribution < 1.29 is 4.79 Å². The third-order valence-corrected chi connectivity index (χ3v) is 4.49. The molecule has 1 nitrogen and oxygen atoms in total. The predicted molar refractivity (Wildman–Crippen MR) is 76.4 cm³/mol. The third kappa shape index (κ3) is 5.22. The number of carbonyl (C=O) groups excluding carboxylic acids is 1. The number of aryl methyl sites for hydroxylation is 1.